The van der Waals surface area contributed by atoms with Gasteiger partial charge < -0.3 is 10.2 Å². The van der Waals surface area contributed by atoms with Crippen LogP contribution in [0, 0.1) is 17.8 Å². The van der Waals surface area contributed by atoms with E-state index in [2.05, 4.69) is 17.4 Å². The number of carbonyl (C=O) groups excluding carboxylic acids is 2. The van der Waals surface area contributed by atoms with Crippen LogP contribution in [0.15, 0.2) is 54.6 Å². The van der Waals surface area contributed by atoms with E-state index in [0.717, 1.165) is 29.6 Å². The van der Waals surface area contributed by atoms with Crippen LogP contribution in [0.4, 0.5) is 5.69 Å². The Morgan fingerprint density at radius 1 is 0.950 bits per heavy atom. The summed E-state index contributed by atoms with van der Waals surface area (Å²) in [6, 6.07) is 17.0. The smallest absolute Gasteiger partial charge is 0.244 e. The molecule has 0 aromatic heterocycles. The maximum Gasteiger partial charge on any atom is 0.244 e. The minimum atomic E-state index is -3.74. The molecule has 2 amide bonds. The average molecular weight is 566 g/mol. The minimum absolute atomic E-state index is 0.217. The molecule has 2 aromatic rings. The molecule has 0 radical (unpaired) electrons. The molecule has 7 nitrogen and oxygen atoms in total. The summed E-state index contributed by atoms with van der Waals surface area (Å²) in [7, 11) is -2.19. The number of amides is 2. The predicted octanol–water partition coefficient (Wildman–Crippen LogP) is 4.52. The Kier molecular flexibility index (Phi) is 8.27. The number of nitrogens with one attached hydrogen (secondary N) is 1. The van der Waals surface area contributed by atoms with Gasteiger partial charge in [0.15, 0.2) is 0 Å². The summed E-state index contributed by atoms with van der Waals surface area (Å²) in [5, 5.41) is 2.66. The lowest BCUT2D eigenvalue weighted by atomic mass is 9.48. The lowest BCUT2D eigenvalue weighted by molar-refractivity contribution is -0.139. The molecule has 0 spiro atoms. The van der Waals surface area contributed by atoms with Crippen LogP contribution in [0.3, 0.4) is 0 Å². The Bertz CT molecular complexity index is 1270. The number of likely N-dealkylation sites (N-methyl/N-ethyl adjacent to an activating group) is 1. The van der Waals surface area contributed by atoms with E-state index < -0.39 is 16.1 Å². The Hall–Kier alpha value is -2.87. The van der Waals surface area contributed by atoms with E-state index >= 15 is 0 Å². The maximum absolute atomic E-state index is 13.8. The molecule has 2 aromatic carbocycles. The van der Waals surface area contributed by atoms with Gasteiger partial charge >= 0.3 is 0 Å². The highest BCUT2D eigenvalue weighted by atomic mass is 32.2. The van der Waals surface area contributed by atoms with Crippen molar-refractivity contribution in [2.45, 2.75) is 69.7 Å². The molecule has 1 atom stereocenters. The molecule has 4 aliphatic rings. The number of nitrogens with zero attached hydrogens (tertiary/aromatic N) is 2. The van der Waals surface area contributed by atoms with Crippen molar-refractivity contribution < 1.29 is 18.0 Å². The maximum atomic E-state index is 13.8. The number of rotatable bonds is 11. The van der Waals surface area contributed by atoms with E-state index in [1.165, 1.54) is 53.3 Å². The third-order valence-electron chi connectivity index (χ3n) is 9.60. The van der Waals surface area contributed by atoms with E-state index in [0.29, 0.717) is 25.1 Å². The van der Waals surface area contributed by atoms with Gasteiger partial charge in [-0.25, -0.2) is 8.42 Å². The highest BCUT2D eigenvalue weighted by molar-refractivity contribution is 7.92. The number of sulfonamides is 1. The van der Waals surface area contributed by atoms with Crippen LogP contribution in [0.5, 0.6) is 0 Å². The van der Waals surface area contributed by atoms with Gasteiger partial charge in [-0.05, 0) is 97.8 Å². The van der Waals surface area contributed by atoms with Crippen molar-refractivity contribution in [1.82, 2.24) is 10.2 Å². The van der Waals surface area contributed by atoms with Crippen molar-refractivity contribution in [3.05, 3.63) is 65.7 Å². The second kappa shape index (κ2) is 11.6. The first-order valence-electron chi connectivity index (χ1n) is 14.7. The summed E-state index contributed by atoms with van der Waals surface area (Å²) in [4.78, 5) is 28.0. The summed E-state index contributed by atoms with van der Waals surface area (Å²) in [6.45, 7) is 1.83. The summed E-state index contributed by atoms with van der Waals surface area (Å²) in [5.74, 6) is 1.83. The van der Waals surface area contributed by atoms with Crippen molar-refractivity contribution in [3.8, 4) is 0 Å². The fourth-order valence-electron chi connectivity index (χ4n) is 8.12. The number of hydrogen-bond acceptors (Lipinski definition) is 4. The van der Waals surface area contributed by atoms with Gasteiger partial charge in [0.2, 0.25) is 21.8 Å². The third kappa shape index (κ3) is 5.92. The van der Waals surface area contributed by atoms with Crippen LogP contribution in [0.1, 0.15) is 63.0 Å². The second-order valence-corrected chi connectivity index (χ2v) is 14.3. The Morgan fingerprint density at radius 2 is 1.52 bits per heavy atom. The molecule has 4 fully saturated rings. The normalized spacial score (nSPS) is 25.8. The van der Waals surface area contributed by atoms with Crippen molar-refractivity contribution in [2.24, 2.45) is 17.8 Å². The molecule has 216 valence electrons. The van der Waals surface area contributed by atoms with Crippen LogP contribution < -0.4 is 9.62 Å². The fourth-order valence-corrected chi connectivity index (χ4v) is 8.97. The van der Waals surface area contributed by atoms with Crippen LogP contribution >= 0.6 is 0 Å². The van der Waals surface area contributed by atoms with E-state index in [1.54, 1.807) is 7.05 Å². The fraction of sp³-hybridized carbons (Fsp3) is 0.562. The number of anilines is 1. The number of hydrogen-bond donors (Lipinski definition) is 1. The van der Waals surface area contributed by atoms with Crippen molar-refractivity contribution in [1.29, 1.82) is 0 Å². The van der Waals surface area contributed by atoms with Gasteiger partial charge in [0.25, 0.3) is 0 Å². The zero-order chi connectivity index (χ0) is 28.5. The molecular formula is C32H43N3O4S. The van der Waals surface area contributed by atoms with E-state index in [9.17, 15) is 18.0 Å². The third-order valence-corrected chi connectivity index (χ3v) is 10.7. The van der Waals surface area contributed by atoms with Crippen molar-refractivity contribution in [2.75, 3.05) is 30.7 Å². The molecule has 4 bridgehead atoms. The zero-order valence-electron chi connectivity index (χ0n) is 24.0. The van der Waals surface area contributed by atoms with Gasteiger partial charge in [-0.3, -0.25) is 13.9 Å². The summed E-state index contributed by atoms with van der Waals surface area (Å²) < 4.78 is 27.1. The largest absolute Gasteiger partial charge is 0.357 e. The van der Waals surface area contributed by atoms with Gasteiger partial charge in [-0.1, -0.05) is 49.4 Å². The van der Waals surface area contributed by atoms with Gasteiger partial charge in [-0.15, -0.1) is 0 Å². The molecule has 8 heteroatoms. The van der Waals surface area contributed by atoms with E-state index in [-0.39, 0.29) is 23.8 Å². The minimum Gasteiger partial charge on any atom is -0.357 e. The molecule has 4 saturated carbocycles. The second-order valence-electron chi connectivity index (χ2n) is 12.4. The predicted molar refractivity (Wildman–Crippen MR) is 158 cm³/mol. The van der Waals surface area contributed by atoms with E-state index in [4.69, 9.17) is 0 Å². The van der Waals surface area contributed by atoms with Crippen LogP contribution in [0.25, 0.3) is 0 Å². The van der Waals surface area contributed by atoms with Crippen LogP contribution in [0.2, 0.25) is 0 Å². The first kappa shape index (κ1) is 28.7. The lowest BCUT2D eigenvalue weighted by Gasteiger charge is -2.57. The molecular weight excluding hydrogens is 522 g/mol. The van der Waals surface area contributed by atoms with Crippen molar-refractivity contribution >= 4 is 27.5 Å². The summed E-state index contributed by atoms with van der Waals surface area (Å²) >= 11 is 0. The number of carbonyl (C=O) groups is 2. The molecule has 0 saturated heterocycles. The van der Waals surface area contributed by atoms with E-state index in [1.807, 2.05) is 49.4 Å². The van der Waals surface area contributed by atoms with Crippen LogP contribution in [-0.2, 0) is 31.4 Å². The molecule has 0 aliphatic heterocycles. The first-order valence-corrected chi connectivity index (χ1v) is 16.6. The molecule has 6 rings (SSSR count). The Labute approximate surface area is 239 Å². The lowest BCUT2D eigenvalue weighted by Crippen LogP contribution is -2.52. The molecule has 1 unspecified atom stereocenters. The van der Waals surface area contributed by atoms with Gasteiger partial charge in [0.05, 0.1) is 11.9 Å². The highest BCUT2D eigenvalue weighted by Crippen LogP contribution is 2.60. The molecule has 1 N–H and O–H groups in total. The Morgan fingerprint density at radius 3 is 2.02 bits per heavy atom. The SMILES string of the molecule is CCC(C(=O)NC)N(CCc1ccccc1)C(=O)CN(c1ccc(C23CC4CC(CC(C4)C2)C3)cc1)S(C)(=O)=O. The first-order chi connectivity index (χ1) is 19.1. The van der Waals surface area contributed by atoms with Gasteiger partial charge in [0.1, 0.15) is 12.6 Å². The van der Waals surface area contributed by atoms with Gasteiger partial charge in [0, 0.05) is 13.6 Å². The zero-order valence-corrected chi connectivity index (χ0v) is 24.8. The molecule has 0 heterocycles. The van der Waals surface area contributed by atoms with Crippen molar-refractivity contribution in [3.63, 3.8) is 0 Å². The topological polar surface area (TPSA) is 86.8 Å². The van der Waals surface area contributed by atoms with Crippen LogP contribution in [-0.4, -0.2) is 57.6 Å². The molecule has 40 heavy (non-hydrogen) atoms. The summed E-state index contributed by atoms with van der Waals surface area (Å²) in [6.07, 6.45) is 9.96. The Balaban J connectivity index is 1.37. The number of benzene rings is 2. The highest BCUT2D eigenvalue weighted by Gasteiger charge is 2.51. The standard InChI is InChI=1S/C32H43N3O4S/c1-4-29(31(37)33-2)34(15-14-23-8-6-5-7-9-23)30(36)22-35(40(3,38)39)28-12-10-27(11-13-28)32-19-24-16-25(20-32)18-26(17-24)21-32/h5-13,24-26,29H,4,14-22H2,1-3H3,(H,33,37). The monoisotopic (exact) mass is 565 g/mol. The quantitative estimate of drug-likeness (QED) is 0.434. The summed E-state index contributed by atoms with van der Waals surface area (Å²) in [5.41, 5.74) is 3.06. The van der Waals surface area contributed by atoms with Gasteiger partial charge in [-0.2, -0.15) is 0 Å². The average Bonchev–Trinajstić information content (AvgIpc) is 2.93. The molecule has 4 aliphatic carbocycles.